The van der Waals surface area contributed by atoms with Crippen molar-refractivity contribution in [2.75, 3.05) is 6.61 Å². The lowest BCUT2D eigenvalue weighted by Gasteiger charge is -2.26. The third-order valence-corrected chi connectivity index (χ3v) is 2.84. The Bertz CT molecular complexity index is 125. The summed E-state index contributed by atoms with van der Waals surface area (Å²) in [5.74, 6) is 0. The number of ether oxygens (including phenoxy) is 1. The summed E-state index contributed by atoms with van der Waals surface area (Å²) < 4.78 is 5.92. The Kier molecular flexibility index (Phi) is 5.40. The number of aliphatic hydroxyl groups is 1. The van der Waals surface area contributed by atoms with Crippen molar-refractivity contribution in [3.05, 3.63) is 0 Å². The molecule has 0 saturated carbocycles. The second kappa shape index (κ2) is 6.39. The molecule has 2 heteroatoms. The molecule has 1 rings (SSSR count). The van der Waals surface area contributed by atoms with E-state index in [-0.39, 0.29) is 6.61 Å². The largest absolute Gasteiger partial charge is 0.396 e. The first-order valence-electron chi connectivity index (χ1n) is 5.63. The molecule has 1 saturated heterocycles. The highest BCUT2D eigenvalue weighted by molar-refractivity contribution is 4.67. The van der Waals surface area contributed by atoms with E-state index in [4.69, 9.17) is 9.84 Å². The highest BCUT2D eigenvalue weighted by Gasteiger charge is 2.17. The zero-order chi connectivity index (χ0) is 9.52. The van der Waals surface area contributed by atoms with Crippen LogP contribution in [0.2, 0.25) is 0 Å². The van der Waals surface area contributed by atoms with E-state index in [0.717, 1.165) is 19.3 Å². The zero-order valence-corrected chi connectivity index (χ0v) is 8.67. The van der Waals surface area contributed by atoms with Gasteiger partial charge in [0.05, 0.1) is 12.2 Å². The van der Waals surface area contributed by atoms with Crippen molar-refractivity contribution >= 4 is 0 Å². The molecule has 1 aliphatic heterocycles. The van der Waals surface area contributed by atoms with Gasteiger partial charge in [0.2, 0.25) is 0 Å². The SMILES string of the molecule is CC[C@@H]1CCCCC[C@H](CCO)O1. The quantitative estimate of drug-likeness (QED) is 0.733. The molecule has 0 amide bonds. The minimum absolute atomic E-state index is 0.265. The van der Waals surface area contributed by atoms with Crippen molar-refractivity contribution in [3.8, 4) is 0 Å². The van der Waals surface area contributed by atoms with Gasteiger partial charge in [-0.3, -0.25) is 0 Å². The molecule has 1 fully saturated rings. The van der Waals surface area contributed by atoms with Crippen LogP contribution in [0.1, 0.15) is 51.9 Å². The monoisotopic (exact) mass is 186 g/mol. The summed E-state index contributed by atoms with van der Waals surface area (Å²) in [6.07, 6.45) is 8.94. The maximum absolute atomic E-state index is 8.86. The predicted octanol–water partition coefficient (Wildman–Crippen LogP) is 2.50. The van der Waals surface area contributed by atoms with Gasteiger partial charge in [-0.2, -0.15) is 0 Å². The minimum atomic E-state index is 0.265. The van der Waals surface area contributed by atoms with Gasteiger partial charge in [0, 0.05) is 6.61 Å². The molecule has 1 N–H and O–H groups in total. The average molecular weight is 186 g/mol. The summed E-state index contributed by atoms with van der Waals surface area (Å²) in [6, 6.07) is 0. The lowest BCUT2D eigenvalue weighted by Crippen LogP contribution is -2.24. The molecule has 2 atom stereocenters. The molecule has 0 aromatic rings. The van der Waals surface area contributed by atoms with Gasteiger partial charge in [-0.25, -0.2) is 0 Å². The molecular weight excluding hydrogens is 164 g/mol. The number of rotatable bonds is 3. The molecule has 0 spiro atoms. The molecule has 13 heavy (non-hydrogen) atoms. The normalized spacial score (nSPS) is 30.9. The van der Waals surface area contributed by atoms with Crippen molar-refractivity contribution < 1.29 is 9.84 Å². The van der Waals surface area contributed by atoms with Gasteiger partial charge >= 0.3 is 0 Å². The van der Waals surface area contributed by atoms with Crippen LogP contribution in [0.3, 0.4) is 0 Å². The molecule has 0 radical (unpaired) electrons. The fraction of sp³-hybridized carbons (Fsp3) is 1.00. The standard InChI is InChI=1S/C11H22O2/c1-2-10-6-4-3-5-7-11(13-10)8-9-12/h10-12H,2-9H2,1H3/t10-,11-/m1/s1. The van der Waals surface area contributed by atoms with E-state index in [1.807, 2.05) is 0 Å². The lowest BCUT2D eigenvalue weighted by molar-refractivity contribution is -0.0404. The Morgan fingerprint density at radius 2 is 1.85 bits per heavy atom. The summed E-state index contributed by atoms with van der Waals surface area (Å²) in [5.41, 5.74) is 0. The Morgan fingerprint density at radius 1 is 1.15 bits per heavy atom. The first kappa shape index (κ1) is 11.0. The van der Waals surface area contributed by atoms with Gasteiger partial charge in [0.1, 0.15) is 0 Å². The smallest absolute Gasteiger partial charge is 0.0600 e. The summed E-state index contributed by atoms with van der Waals surface area (Å²) in [7, 11) is 0. The Morgan fingerprint density at radius 3 is 2.46 bits per heavy atom. The fourth-order valence-electron chi connectivity index (χ4n) is 1.99. The van der Waals surface area contributed by atoms with Crippen LogP contribution < -0.4 is 0 Å². The minimum Gasteiger partial charge on any atom is -0.396 e. The average Bonchev–Trinajstić information content (AvgIpc) is 2.09. The topological polar surface area (TPSA) is 29.5 Å². The van der Waals surface area contributed by atoms with E-state index < -0.39 is 0 Å². The van der Waals surface area contributed by atoms with Crippen LogP contribution in [0.5, 0.6) is 0 Å². The van der Waals surface area contributed by atoms with Crippen molar-refractivity contribution in [3.63, 3.8) is 0 Å². The Labute approximate surface area is 81.3 Å². The highest BCUT2D eigenvalue weighted by atomic mass is 16.5. The maximum Gasteiger partial charge on any atom is 0.0600 e. The van der Waals surface area contributed by atoms with E-state index in [9.17, 15) is 0 Å². The number of hydrogen-bond donors (Lipinski definition) is 1. The van der Waals surface area contributed by atoms with E-state index in [1.54, 1.807) is 0 Å². The van der Waals surface area contributed by atoms with E-state index >= 15 is 0 Å². The molecule has 0 aromatic carbocycles. The van der Waals surface area contributed by atoms with Crippen LogP contribution in [-0.4, -0.2) is 23.9 Å². The molecule has 0 aliphatic carbocycles. The van der Waals surface area contributed by atoms with Gasteiger partial charge in [-0.1, -0.05) is 26.2 Å². The second-order valence-corrected chi connectivity index (χ2v) is 3.94. The zero-order valence-electron chi connectivity index (χ0n) is 8.67. The van der Waals surface area contributed by atoms with Crippen LogP contribution in [-0.2, 0) is 4.74 Å². The van der Waals surface area contributed by atoms with Crippen LogP contribution in [0.15, 0.2) is 0 Å². The van der Waals surface area contributed by atoms with E-state index in [2.05, 4.69) is 6.92 Å². The van der Waals surface area contributed by atoms with Gasteiger partial charge in [0.25, 0.3) is 0 Å². The van der Waals surface area contributed by atoms with Gasteiger partial charge < -0.3 is 9.84 Å². The summed E-state index contributed by atoms with van der Waals surface area (Å²) in [4.78, 5) is 0. The van der Waals surface area contributed by atoms with Gasteiger partial charge in [-0.05, 0) is 25.7 Å². The van der Waals surface area contributed by atoms with Crippen molar-refractivity contribution in [1.82, 2.24) is 0 Å². The van der Waals surface area contributed by atoms with E-state index in [0.29, 0.717) is 12.2 Å². The molecule has 1 heterocycles. The third kappa shape index (κ3) is 4.10. The molecule has 0 bridgehead atoms. The maximum atomic E-state index is 8.86. The van der Waals surface area contributed by atoms with Crippen molar-refractivity contribution in [2.24, 2.45) is 0 Å². The van der Waals surface area contributed by atoms with Gasteiger partial charge in [0.15, 0.2) is 0 Å². The fourth-order valence-corrected chi connectivity index (χ4v) is 1.99. The third-order valence-electron chi connectivity index (χ3n) is 2.84. The first-order chi connectivity index (χ1) is 6.36. The number of aliphatic hydroxyl groups excluding tert-OH is 1. The van der Waals surface area contributed by atoms with Crippen molar-refractivity contribution in [1.29, 1.82) is 0 Å². The van der Waals surface area contributed by atoms with Crippen molar-refractivity contribution in [2.45, 2.75) is 64.1 Å². The molecule has 78 valence electrons. The van der Waals surface area contributed by atoms with E-state index in [1.165, 1.54) is 25.7 Å². The lowest BCUT2D eigenvalue weighted by atomic mass is 10.0. The molecule has 2 nitrogen and oxygen atoms in total. The molecule has 0 aromatic heterocycles. The summed E-state index contributed by atoms with van der Waals surface area (Å²) in [5, 5.41) is 8.86. The Hall–Kier alpha value is -0.0800. The predicted molar refractivity (Wildman–Crippen MR) is 53.7 cm³/mol. The molecule has 1 aliphatic rings. The van der Waals surface area contributed by atoms with Crippen LogP contribution in [0.4, 0.5) is 0 Å². The highest BCUT2D eigenvalue weighted by Crippen LogP contribution is 2.21. The number of hydrogen-bond acceptors (Lipinski definition) is 2. The second-order valence-electron chi connectivity index (χ2n) is 3.94. The summed E-state index contributed by atoms with van der Waals surface area (Å²) >= 11 is 0. The molecular formula is C11H22O2. The van der Waals surface area contributed by atoms with Crippen LogP contribution in [0.25, 0.3) is 0 Å². The van der Waals surface area contributed by atoms with Crippen LogP contribution in [0, 0.1) is 0 Å². The first-order valence-corrected chi connectivity index (χ1v) is 5.63. The Balaban J connectivity index is 2.33. The molecule has 0 unspecified atom stereocenters. The van der Waals surface area contributed by atoms with Crippen LogP contribution >= 0.6 is 0 Å². The summed E-state index contributed by atoms with van der Waals surface area (Å²) in [6.45, 7) is 2.45. The van der Waals surface area contributed by atoms with Gasteiger partial charge in [-0.15, -0.1) is 0 Å².